The Kier molecular flexibility index (Phi) is 5.73. The maximum atomic E-state index is 12.3. The fourth-order valence-corrected chi connectivity index (χ4v) is 4.06. The summed E-state index contributed by atoms with van der Waals surface area (Å²) in [5.74, 6) is -2.51. The summed E-state index contributed by atoms with van der Waals surface area (Å²) in [4.78, 5) is 9.73. The van der Waals surface area contributed by atoms with E-state index in [1.165, 1.54) is 12.1 Å². The normalized spacial score (nSPS) is 12.5. The number of fused-ring (bicyclic) bond motifs is 1. The highest BCUT2D eigenvalue weighted by molar-refractivity contribution is 7.86. The Labute approximate surface area is 179 Å². The lowest BCUT2D eigenvalue weighted by Gasteiger charge is -2.13. The molecule has 0 aliphatic rings. The average Bonchev–Trinajstić information content (AvgIpc) is 2.65. The van der Waals surface area contributed by atoms with Gasteiger partial charge in [-0.05, 0) is 29.7 Å². The van der Waals surface area contributed by atoms with Gasteiger partial charge in [0.05, 0.1) is 21.6 Å². The van der Waals surface area contributed by atoms with Crippen molar-refractivity contribution in [1.82, 2.24) is 0 Å². The number of carboxylic acids is 1. The summed E-state index contributed by atoms with van der Waals surface area (Å²) in [6.07, 6.45) is 0. The lowest BCUT2D eigenvalue weighted by molar-refractivity contribution is -0.267. The van der Waals surface area contributed by atoms with Gasteiger partial charge in [0.2, 0.25) is 0 Å². The number of carboxylic acid groups (broad SMARTS) is 1. The molecule has 162 valence electrons. The number of benzene rings is 3. The van der Waals surface area contributed by atoms with Gasteiger partial charge in [-0.25, -0.2) is 0 Å². The smallest absolute Gasteiger partial charge is 0.296 e. The number of hydrogen-bond acceptors (Lipinski definition) is 9. The first-order valence-electron chi connectivity index (χ1n) is 7.94. The van der Waals surface area contributed by atoms with Gasteiger partial charge in [0.25, 0.3) is 20.2 Å². The van der Waals surface area contributed by atoms with E-state index in [-0.39, 0.29) is 5.39 Å². The molecule has 3 rings (SSSR count). The Morgan fingerprint density at radius 3 is 2.16 bits per heavy atom. The summed E-state index contributed by atoms with van der Waals surface area (Å²) in [5, 5.41) is 30.3. The topological polar surface area (TPSA) is 197 Å². The molecule has 31 heavy (non-hydrogen) atoms. The standard InChI is InChI=1S/C17H11ClN2O9S2/c18-12-7-15(31(27,28)29)13(6-11(12)17(22)23)19-20-16-10-5-9(30(24,25)26)3-1-8(10)2-4-14(16)21/h1-7,21H,(H,22,23)(H,24,25,26)(H,27,28,29)/p-2. The maximum Gasteiger partial charge on any atom is 0.296 e. The third-order valence-corrected chi connectivity index (χ3v) is 6.07. The first-order valence-corrected chi connectivity index (χ1v) is 11.2. The van der Waals surface area contributed by atoms with Gasteiger partial charge in [0, 0.05) is 10.9 Å². The van der Waals surface area contributed by atoms with Crippen LogP contribution in [0.25, 0.3) is 10.8 Å². The second-order valence-corrected chi connectivity index (χ2v) is 9.25. The van der Waals surface area contributed by atoms with Gasteiger partial charge in [-0.15, -0.1) is 5.11 Å². The molecule has 0 heterocycles. The summed E-state index contributed by atoms with van der Waals surface area (Å²) >= 11 is 5.68. The number of nitrogens with zero attached hydrogens (tertiary/aromatic N) is 2. The number of halogens is 1. The fraction of sp³-hybridized carbons (Fsp3) is 0. The van der Waals surface area contributed by atoms with Crippen LogP contribution in [0.4, 0.5) is 11.4 Å². The maximum absolute atomic E-state index is 12.3. The summed E-state index contributed by atoms with van der Waals surface area (Å²) in [6.45, 7) is 0. The van der Waals surface area contributed by atoms with Crippen LogP contribution in [0.15, 0.2) is 62.5 Å². The molecule has 3 aromatic rings. The van der Waals surface area contributed by atoms with E-state index in [0.717, 1.165) is 18.2 Å². The van der Waals surface area contributed by atoms with E-state index in [0.29, 0.717) is 17.5 Å². The number of azo groups is 1. The molecule has 0 aromatic heterocycles. The SMILES string of the molecule is O=C([O-])c1cc(N=Nc2c([O-])ccc3ccc(S(=O)(=O)O)cc23)c(S(=O)(=O)O)cc1Cl. The van der Waals surface area contributed by atoms with Crippen LogP contribution >= 0.6 is 11.6 Å². The van der Waals surface area contributed by atoms with Crippen LogP contribution in [0, 0.1) is 0 Å². The summed E-state index contributed by atoms with van der Waals surface area (Å²) in [5.41, 5.74) is -1.76. The summed E-state index contributed by atoms with van der Waals surface area (Å²) in [7, 11) is -9.53. The molecular weight excluding hydrogens is 476 g/mol. The van der Waals surface area contributed by atoms with Gasteiger partial charge < -0.3 is 15.0 Å². The molecule has 0 radical (unpaired) electrons. The molecule has 0 aliphatic carbocycles. The number of carbonyl (C=O) groups is 1. The Bertz CT molecular complexity index is 1480. The summed E-state index contributed by atoms with van der Waals surface area (Å²) in [6, 6.07) is 7.06. The van der Waals surface area contributed by atoms with E-state index in [1.54, 1.807) is 0 Å². The molecule has 0 aliphatic heterocycles. The lowest BCUT2D eigenvalue weighted by atomic mass is 10.1. The molecule has 3 aromatic carbocycles. The van der Waals surface area contributed by atoms with Crippen LogP contribution in [0.1, 0.15) is 10.4 Å². The van der Waals surface area contributed by atoms with Crippen LogP contribution in [-0.4, -0.2) is 31.9 Å². The van der Waals surface area contributed by atoms with Crippen molar-refractivity contribution in [2.24, 2.45) is 10.2 Å². The van der Waals surface area contributed by atoms with E-state index < -0.39 is 63.7 Å². The quantitative estimate of drug-likeness (QED) is 0.400. The molecule has 14 heteroatoms. The van der Waals surface area contributed by atoms with Crippen LogP contribution in [0.3, 0.4) is 0 Å². The van der Waals surface area contributed by atoms with Gasteiger partial charge in [0.15, 0.2) is 0 Å². The number of hydrogen-bond donors (Lipinski definition) is 2. The van der Waals surface area contributed by atoms with E-state index >= 15 is 0 Å². The number of rotatable bonds is 5. The van der Waals surface area contributed by atoms with Gasteiger partial charge in [0.1, 0.15) is 10.6 Å². The largest absolute Gasteiger partial charge is 0.871 e. The predicted molar refractivity (Wildman–Crippen MR) is 103 cm³/mol. The molecule has 0 fully saturated rings. The van der Waals surface area contributed by atoms with Gasteiger partial charge in [-0.1, -0.05) is 35.5 Å². The van der Waals surface area contributed by atoms with E-state index in [1.807, 2.05) is 0 Å². The molecule has 0 atom stereocenters. The predicted octanol–water partition coefficient (Wildman–Crippen LogP) is 1.84. The summed E-state index contributed by atoms with van der Waals surface area (Å²) < 4.78 is 64.6. The molecule has 0 saturated carbocycles. The Hall–Kier alpha value is -3.10. The van der Waals surface area contributed by atoms with E-state index in [4.69, 9.17) is 11.6 Å². The first kappa shape index (κ1) is 22.6. The zero-order valence-corrected chi connectivity index (χ0v) is 17.3. The van der Waals surface area contributed by atoms with E-state index in [9.17, 15) is 40.9 Å². The molecule has 11 nitrogen and oxygen atoms in total. The second kappa shape index (κ2) is 7.86. The van der Waals surface area contributed by atoms with Crippen molar-refractivity contribution in [2.45, 2.75) is 9.79 Å². The Balaban J connectivity index is 2.28. The molecule has 2 N–H and O–H groups in total. The monoisotopic (exact) mass is 484 g/mol. The molecule has 0 bridgehead atoms. The minimum Gasteiger partial charge on any atom is -0.871 e. The Morgan fingerprint density at radius 2 is 1.58 bits per heavy atom. The number of carbonyl (C=O) groups excluding carboxylic acids is 1. The van der Waals surface area contributed by atoms with Crippen LogP contribution in [-0.2, 0) is 20.2 Å². The second-order valence-electron chi connectivity index (χ2n) is 6.03. The molecule has 0 amide bonds. The highest BCUT2D eigenvalue weighted by Crippen LogP contribution is 2.37. The van der Waals surface area contributed by atoms with Crippen molar-refractivity contribution >= 4 is 60.0 Å². The van der Waals surface area contributed by atoms with Gasteiger partial charge in [-0.2, -0.15) is 21.9 Å². The van der Waals surface area contributed by atoms with Crippen molar-refractivity contribution in [3.05, 3.63) is 53.1 Å². The van der Waals surface area contributed by atoms with Crippen molar-refractivity contribution in [3.63, 3.8) is 0 Å². The minimum absolute atomic E-state index is 0.0473. The molecular formula is C17H9ClN2O9S2-2. The zero-order valence-electron chi connectivity index (χ0n) is 14.9. The molecule has 0 spiro atoms. The van der Waals surface area contributed by atoms with E-state index in [2.05, 4.69) is 10.2 Å². The van der Waals surface area contributed by atoms with Crippen LogP contribution < -0.4 is 10.2 Å². The third-order valence-electron chi connectivity index (χ3n) is 4.03. The van der Waals surface area contributed by atoms with Crippen LogP contribution in [0.5, 0.6) is 5.75 Å². The van der Waals surface area contributed by atoms with Gasteiger partial charge >= 0.3 is 0 Å². The number of aromatic carboxylic acids is 1. The fourth-order valence-electron chi connectivity index (χ4n) is 2.62. The van der Waals surface area contributed by atoms with Crippen molar-refractivity contribution in [2.75, 3.05) is 0 Å². The lowest BCUT2D eigenvalue weighted by Crippen LogP contribution is -2.22. The third kappa shape index (κ3) is 4.65. The molecule has 0 saturated heterocycles. The van der Waals surface area contributed by atoms with Crippen molar-refractivity contribution in [1.29, 1.82) is 0 Å². The van der Waals surface area contributed by atoms with Crippen molar-refractivity contribution in [3.8, 4) is 5.75 Å². The van der Waals surface area contributed by atoms with Crippen molar-refractivity contribution < 1.29 is 40.9 Å². The molecule has 0 unspecified atom stereocenters. The van der Waals surface area contributed by atoms with Gasteiger partial charge in [-0.3, -0.25) is 9.11 Å². The average molecular weight is 485 g/mol. The minimum atomic E-state index is -4.92. The van der Waals surface area contributed by atoms with Crippen LogP contribution in [0.2, 0.25) is 5.02 Å². The zero-order chi connectivity index (χ0) is 23.1. The first-order chi connectivity index (χ1) is 14.3. The highest BCUT2D eigenvalue weighted by Gasteiger charge is 2.19. The Morgan fingerprint density at radius 1 is 0.935 bits per heavy atom. The highest BCUT2D eigenvalue weighted by atomic mass is 35.5.